The van der Waals surface area contributed by atoms with Crippen molar-refractivity contribution in [3.8, 4) is 0 Å². The van der Waals surface area contributed by atoms with E-state index in [1.807, 2.05) is 37.3 Å². The van der Waals surface area contributed by atoms with Gasteiger partial charge in [-0.1, -0.05) is 30.3 Å². The van der Waals surface area contributed by atoms with Crippen molar-refractivity contribution in [1.29, 1.82) is 0 Å². The van der Waals surface area contributed by atoms with Crippen molar-refractivity contribution >= 4 is 18.3 Å². The highest BCUT2D eigenvalue weighted by Crippen LogP contribution is 2.18. The van der Waals surface area contributed by atoms with E-state index in [1.54, 1.807) is 0 Å². The van der Waals surface area contributed by atoms with Crippen molar-refractivity contribution in [3.63, 3.8) is 0 Å². The number of nitrogens with one attached hydrogen (secondary N) is 2. The van der Waals surface area contributed by atoms with Gasteiger partial charge in [-0.3, -0.25) is 4.79 Å². The van der Waals surface area contributed by atoms with Gasteiger partial charge in [0.15, 0.2) is 6.10 Å². The molecule has 3 atom stereocenters. The lowest BCUT2D eigenvalue weighted by Crippen LogP contribution is -2.53. The number of carbonyl (C=O) groups is 1. The third kappa shape index (κ3) is 4.99. The maximum atomic E-state index is 12.5. The molecule has 21 heavy (non-hydrogen) atoms. The average Bonchev–Trinajstić information content (AvgIpc) is 2.48. The number of ether oxygens (including phenoxy) is 1. The maximum Gasteiger partial charge on any atom is 0.254 e. The molecular weight excluding hydrogens is 288 g/mol. The van der Waals surface area contributed by atoms with Gasteiger partial charge in [-0.05, 0) is 38.8 Å². The fourth-order valence-corrected chi connectivity index (χ4v) is 2.62. The Morgan fingerprint density at radius 3 is 2.76 bits per heavy atom. The van der Waals surface area contributed by atoms with Gasteiger partial charge in [0.2, 0.25) is 0 Å². The van der Waals surface area contributed by atoms with E-state index in [9.17, 15) is 4.79 Å². The molecule has 0 aliphatic carbocycles. The van der Waals surface area contributed by atoms with Crippen molar-refractivity contribution in [3.05, 3.63) is 35.9 Å². The Morgan fingerprint density at radius 2 is 2.14 bits per heavy atom. The summed E-state index contributed by atoms with van der Waals surface area (Å²) in [7, 11) is 0. The molecule has 1 fully saturated rings. The predicted octanol–water partition coefficient (Wildman–Crippen LogP) is 2.44. The van der Waals surface area contributed by atoms with E-state index in [-0.39, 0.29) is 24.4 Å². The van der Waals surface area contributed by atoms with E-state index in [0.29, 0.717) is 12.6 Å². The predicted molar refractivity (Wildman–Crippen MR) is 86.7 cm³/mol. The molecule has 0 bridgehead atoms. The van der Waals surface area contributed by atoms with Crippen molar-refractivity contribution in [1.82, 2.24) is 10.6 Å². The molecule has 0 spiro atoms. The minimum atomic E-state index is -0.518. The number of benzene rings is 1. The lowest BCUT2D eigenvalue weighted by atomic mass is 9.99. The van der Waals surface area contributed by atoms with Crippen LogP contribution >= 0.6 is 12.4 Å². The van der Waals surface area contributed by atoms with Gasteiger partial charge in [-0.2, -0.15) is 0 Å². The normalized spacial score (nSPS) is 23.0. The minimum absolute atomic E-state index is 0. The van der Waals surface area contributed by atoms with Gasteiger partial charge in [-0.25, -0.2) is 0 Å². The highest BCUT2D eigenvalue weighted by Gasteiger charge is 2.27. The van der Waals surface area contributed by atoms with Crippen LogP contribution in [0, 0.1) is 0 Å². The number of amides is 1. The summed E-state index contributed by atoms with van der Waals surface area (Å²) in [6.07, 6.45) is 1.60. The van der Waals surface area contributed by atoms with Crippen LogP contribution < -0.4 is 10.6 Å². The summed E-state index contributed by atoms with van der Waals surface area (Å²) in [5, 5.41) is 6.52. The van der Waals surface area contributed by atoms with Gasteiger partial charge in [0.25, 0.3) is 5.91 Å². The molecule has 0 saturated carbocycles. The van der Waals surface area contributed by atoms with Gasteiger partial charge < -0.3 is 15.4 Å². The number of carbonyl (C=O) groups excluding carboxylic acids is 1. The summed E-state index contributed by atoms with van der Waals surface area (Å²) in [6.45, 7) is 5.57. The van der Waals surface area contributed by atoms with Crippen LogP contribution in [0.2, 0.25) is 0 Å². The van der Waals surface area contributed by atoms with Crippen LogP contribution in [0.3, 0.4) is 0 Å². The smallest absolute Gasteiger partial charge is 0.254 e. The van der Waals surface area contributed by atoms with Gasteiger partial charge in [0.05, 0.1) is 0 Å². The van der Waals surface area contributed by atoms with Crippen LogP contribution in [0.25, 0.3) is 0 Å². The molecule has 0 aromatic heterocycles. The molecular formula is C16H25ClN2O2. The molecule has 1 aromatic carbocycles. The molecule has 3 unspecified atom stereocenters. The number of hydrogen-bond donors (Lipinski definition) is 2. The Hall–Kier alpha value is -1.10. The van der Waals surface area contributed by atoms with E-state index in [4.69, 9.17) is 4.74 Å². The van der Waals surface area contributed by atoms with Crippen LogP contribution in [0.4, 0.5) is 0 Å². The standard InChI is InChI=1S/C16H24N2O2.ClH/c1-3-20-15(13-8-5-4-6-9-13)16(19)18-14-10-7-11-17-12(14)2;/h4-6,8-9,12,14-15,17H,3,7,10-11H2,1-2H3,(H,18,19);1H. The van der Waals surface area contributed by atoms with E-state index in [0.717, 1.165) is 24.9 Å². The monoisotopic (exact) mass is 312 g/mol. The zero-order valence-corrected chi connectivity index (χ0v) is 13.5. The van der Waals surface area contributed by atoms with E-state index in [2.05, 4.69) is 17.6 Å². The van der Waals surface area contributed by atoms with Crippen molar-refractivity contribution in [2.75, 3.05) is 13.2 Å². The van der Waals surface area contributed by atoms with Gasteiger partial charge >= 0.3 is 0 Å². The Bertz CT molecular complexity index is 428. The quantitative estimate of drug-likeness (QED) is 0.878. The fraction of sp³-hybridized carbons (Fsp3) is 0.562. The van der Waals surface area contributed by atoms with Crippen LogP contribution in [-0.4, -0.2) is 31.1 Å². The van der Waals surface area contributed by atoms with Gasteiger partial charge in [-0.15, -0.1) is 12.4 Å². The largest absolute Gasteiger partial charge is 0.364 e. The molecule has 4 nitrogen and oxygen atoms in total. The Morgan fingerprint density at radius 1 is 1.43 bits per heavy atom. The lowest BCUT2D eigenvalue weighted by molar-refractivity contribution is -0.134. The first-order valence-corrected chi connectivity index (χ1v) is 7.42. The summed E-state index contributed by atoms with van der Waals surface area (Å²) in [5.41, 5.74) is 0.906. The Labute approximate surface area is 133 Å². The molecule has 1 amide bonds. The summed E-state index contributed by atoms with van der Waals surface area (Å²) in [4.78, 5) is 12.5. The second-order valence-corrected chi connectivity index (χ2v) is 5.25. The second kappa shape index (κ2) is 9.03. The highest BCUT2D eigenvalue weighted by atomic mass is 35.5. The first-order valence-electron chi connectivity index (χ1n) is 7.42. The molecule has 118 valence electrons. The topological polar surface area (TPSA) is 50.4 Å². The van der Waals surface area contributed by atoms with Crippen molar-refractivity contribution < 1.29 is 9.53 Å². The molecule has 2 N–H and O–H groups in total. The van der Waals surface area contributed by atoms with Crippen LogP contribution in [0.5, 0.6) is 0 Å². The first kappa shape index (κ1) is 18.0. The number of piperidine rings is 1. The van der Waals surface area contributed by atoms with Crippen molar-refractivity contribution in [2.45, 2.75) is 44.9 Å². The van der Waals surface area contributed by atoms with E-state index < -0.39 is 6.10 Å². The lowest BCUT2D eigenvalue weighted by Gasteiger charge is -2.31. The van der Waals surface area contributed by atoms with Gasteiger partial charge in [0.1, 0.15) is 0 Å². The zero-order chi connectivity index (χ0) is 14.4. The molecule has 1 aromatic rings. The molecule has 0 radical (unpaired) electrons. The third-order valence-corrected chi connectivity index (χ3v) is 3.76. The molecule has 1 heterocycles. The third-order valence-electron chi connectivity index (χ3n) is 3.76. The number of rotatable bonds is 5. The average molecular weight is 313 g/mol. The summed E-state index contributed by atoms with van der Waals surface area (Å²) >= 11 is 0. The number of halogens is 1. The molecule has 1 saturated heterocycles. The van der Waals surface area contributed by atoms with Gasteiger partial charge in [0, 0.05) is 18.7 Å². The van der Waals surface area contributed by atoms with Crippen molar-refractivity contribution in [2.24, 2.45) is 0 Å². The van der Waals surface area contributed by atoms with Crippen LogP contribution in [0.15, 0.2) is 30.3 Å². The Kier molecular flexibility index (Phi) is 7.72. The highest BCUT2D eigenvalue weighted by molar-refractivity contribution is 5.85. The number of hydrogen-bond acceptors (Lipinski definition) is 3. The SMILES string of the molecule is CCOC(C(=O)NC1CCCNC1C)c1ccccc1.Cl. The molecule has 2 rings (SSSR count). The molecule has 1 aliphatic heterocycles. The second-order valence-electron chi connectivity index (χ2n) is 5.25. The van der Waals surface area contributed by atoms with E-state index in [1.165, 1.54) is 0 Å². The first-order chi connectivity index (χ1) is 9.72. The van der Waals surface area contributed by atoms with Crippen LogP contribution in [-0.2, 0) is 9.53 Å². The summed E-state index contributed by atoms with van der Waals surface area (Å²) in [5.74, 6) is -0.0430. The Balaban J connectivity index is 0.00000220. The summed E-state index contributed by atoms with van der Waals surface area (Å²) in [6, 6.07) is 10.2. The van der Waals surface area contributed by atoms with Crippen LogP contribution in [0.1, 0.15) is 38.4 Å². The molecule has 5 heteroatoms. The summed E-state index contributed by atoms with van der Waals surface area (Å²) < 4.78 is 5.63. The van der Waals surface area contributed by atoms with E-state index >= 15 is 0 Å². The molecule has 1 aliphatic rings. The maximum absolute atomic E-state index is 12.5. The fourth-order valence-electron chi connectivity index (χ4n) is 2.62. The minimum Gasteiger partial charge on any atom is -0.364 e. The zero-order valence-electron chi connectivity index (χ0n) is 12.7.